The van der Waals surface area contributed by atoms with Crippen LogP contribution in [-0.4, -0.2) is 20.8 Å². The summed E-state index contributed by atoms with van der Waals surface area (Å²) in [6.45, 7) is 0. The van der Waals surface area contributed by atoms with Crippen LogP contribution in [0, 0.1) is 0 Å². The van der Waals surface area contributed by atoms with Crippen molar-refractivity contribution >= 4 is 40.4 Å². The van der Waals surface area contributed by atoms with Gasteiger partial charge in [-0.25, -0.2) is 0 Å². The van der Waals surface area contributed by atoms with Crippen molar-refractivity contribution in [2.45, 2.75) is 16.9 Å². The summed E-state index contributed by atoms with van der Waals surface area (Å²) in [5, 5.41) is -0.217. The van der Waals surface area contributed by atoms with Crippen molar-refractivity contribution in [2.24, 2.45) is 0 Å². The van der Waals surface area contributed by atoms with E-state index >= 15 is 0 Å². The van der Waals surface area contributed by atoms with Gasteiger partial charge in [-0.2, -0.15) is 0 Å². The second kappa shape index (κ2) is 5.48. The molecule has 0 unspecified atom stereocenters. The van der Waals surface area contributed by atoms with Crippen LogP contribution in [-0.2, 0) is 11.2 Å². The van der Waals surface area contributed by atoms with Gasteiger partial charge in [-0.1, -0.05) is 30.3 Å². The third-order valence-corrected chi connectivity index (χ3v) is 6.37. The minimum atomic E-state index is -0.457. The Labute approximate surface area is 109 Å². The molecule has 4 heteroatoms. The molecule has 0 saturated carbocycles. The molecule has 0 amide bonds. The van der Waals surface area contributed by atoms with E-state index in [4.69, 9.17) is 11.6 Å². The molecule has 0 atom stereocenters. The lowest BCUT2D eigenvalue weighted by molar-refractivity contribution is -0.111. The number of halogens is 1. The van der Waals surface area contributed by atoms with Gasteiger partial charge < -0.3 is 0 Å². The minimum Gasteiger partial charge on any atom is -0.279 e. The second-order valence-corrected chi connectivity index (χ2v) is 7.13. The average molecular weight is 273 g/mol. The molecule has 1 aliphatic rings. The van der Waals surface area contributed by atoms with E-state index in [0.29, 0.717) is 0 Å². The van der Waals surface area contributed by atoms with E-state index in [1.165, 1.54) is 5.56 Å². The zero-order chi connectivity index (χ0) is 11.4. The quantitative estimate of drug-likeness (QED) is 0.783. The Hall–Kier alpha value is -0.120. The van der Waals surface area contributed by atoms with Crippen molar-refractivity contribution in [1.82, 2.24) is 0 Å². The Morgan fingerprint density at radius 2 is 1.88 bits per heavy atom. The van der Waals surface area contributed by atoms with Crippen molar-refractivity contribution in [2.75, 3.05) is 11.5 Å². The van der Waals surface area contributed by atoms with Crippen molar-refractivity contribution in [3.63, 3.8) is 0 Å². The molecular formula is C12H13ClOS2. The zero-order valence-corrected chi connectivity index (χ0v) is 11.2. The van der Waals surface area contributed by atoms with Gasteiger partial charge in [-0.15, -0.1) is 23.5 Å². The molecule has 86 valence electrons. The third kappa shape index (κ3) is 2.76. The number of hydrogen-bond acceptors (Lipinski definition) is 3. The van der Waals surface area contributed by atoms with E-state index in [1.807, 2.05) is 18.2 Å². The fourth-order valence-corrected chi connectivity index (χ4v) is 5.14. The Morgan fingerprint density at radius 3 is 2.44 bits per heavy atom. The Bertz CT molecular complexity index is 361. The highest BCUT2D eigenvalue weighted by atomic mass is 35.5. The first-order chi connectivity index (χ1) is 7.73. The Kier molecular flexibility index (Phi) is 4.22. The van der Waals surface area contributed by atoms with Crippen LogP contribution < -0.4 is 0 Å². The van der Waals surface area contributed by atoms with Gasteiger partial charge in [0.25, 0.3) is 0 Å². The van der Waals surface area contributed by atoms with Crippen LogP contribution in [0.25, 0.3) is 0 Å². The molecule has 1 aromatic carbocycles. The number of thioether (sulfide) groups is 2. The SMILES string of the molecule is O=C(Cl)C1(Cc2ccccc2)SCCCS1. The summed E-state index contributed by atoms with van der Waals surface area (Å²) >= 11 is 9.17. The average Bonchev–Trinajstić information content (AvgIpc) is 2.31. The van der Waals surface area contributed by atoms with E-state index in [9.17, 15) is 4.79 Å². The Morgan fingerprint density at radius 1 is 1.25 bits per heavy atom. The maximum absolute atomic E-state index is 11.6. The summed E-state index contributed by atoms with van der Waals surface area (Å²) in [5.41, 5.74) is 1.18. The first kappa shape index (κ1) is 12.3. The van der Waals surface area contributed by atoms with Gasteiger partial charge in [0.05, 0.1) is 0 Å². The fourth-order valence-electron chi connectivity index (χ4n) is 1.72. The molecule has 0 N–H and O–H groups in total. The van der Waals surface area contributed by atoms with E-state index < -0.39 is 4.08 Å². The van der Waals surface area contributed by atoms with E-state index in [-0.39, 0.29) is 5.24 Å². The highest BCUT2D eigenvalue weighted by molar-refractivity contribution is 8.20. The molecule has 0 spiro atoms. The fraction of sp³-hybridized carbons (Fsp3) is 0.417. The zero-order valence-electron chi connectivity index (χ0n) is 8.82. The lowest BCUT2D eigenvalue weighted by Crippen LogP contribution is -2.34. The van der Waals surface area contributed by atoms with Crippen molar-refractivity contribution < 1.29 is 4.79 Å². The molecule has 1 aromatic rings. The van der Waals surface area contributed by atoms with Gasteiger partial charge in [0.1, 0.15) is 4.08 Å². The molecular weight excluding hydrogens is 260 g/mol. The largest absolute Gasteiger partial charge is 0.279 e. The predicted molar refractivity (Wildman–Crippen MR) is 73.3 cm³/mol. The summed E-state index contributed by atoms with van der Waals surface area (Å²) in [5.74, 6) is 2.05. The van der Waals surface area contributed by atoms with Crippen molar-refractivity contribution in [3.8, 4) is 0 Å². The summed E-state index contributed by atoms with van der Waals surface area (Å²) in [7, 11) is 0. The monoisotopic (exact) mass is 272 g/mol. The predicted octanol–water partition coefficient (Wildman–Crippen LogP) is 3.56. The van der Waals surface area contributed by atoms with Crippen LogP contribution in [0.4, 0.5) is 0 Å². The maximum Gasteiger partial charge on any atom is 0.248 e. The highest BCUT2D eigenvalue weighted by Crippen LogP contribution is 2.46. The van der Waals surface area contributed by atoms with Crippen LogP contribution in [0.2, 0.25) is 0 Å². The van der Waals surface area contributed by atoms with Gasteiger partial charge in [0, 0.05) is 6.42 Å². The summed E-state index contributed by atoms with van der Waals surface area (Å²) in [6, 6.07) is 10.1. The Balaban J connectivity index is 2.17. The van der Waals surface area contributed by atoms with Gasteiger partial charge in [-0.3, -0.25) is 4.79 Å². The minimum absolute atomic E-state index is 0.217. The number of hydrogen-bond donors (Lipinski definition) is 0. The van der Waals surface area contributed by atoms with Gasteiger partial charge in [0.2, 0.25) is 5.24 Å². The van der Waals surface area contributed by atoms with E-state index in [1.54, 1.807) is 23.5 Å². The van der Waals surface area contributed by atoms with E-state index in [0.717, 1.165) is 24.3 Å². The highest BCUT2D eigenvalue weighted by Gasteiger charge is 2.40. The lowest BCUT2D eigenvalue weighted by atomic mass is 10.1. The third-order valence-electron chi connectivity index (χ3n) is 2.54. The molecule has 16 heavy (non-hydrogen) atoms. The van der Waals surface area contributed by atoms with Gasteiger partial charge in [0.15, 0.2) is 0 Å². The molecule has 0 bridgehead atoms. The summed E-state index contributed by atoms with van der Waals surface area (Å²) in [4.78, 5) is 11.6. The lowest BCUT2D eigenvalue weighted by Gasteiger charge is -2.32. The van der Waals surface area contributed by atoms with Gasteiger partial charge >= 0.3 is 0 Å². The molecule has 1 fully saturated rings. The number of carbonyl (C=O) groups is 1. The normalized spacial score (nSPS) is 19.3. The van der Waals surface area contributed by atoms with Crippen LogP contribution in [0.1, 0.15) is 12.0 Å². The molecule has 0 radical (unpaired) electrons. The van der Waals surface area contributed by atoms with Crippen LogP contribution in [0.3, 0.4) is 0 Å². The molecule has 1 heterocycles. The molecule has 1 aliphatic heterocycles. The van der Waals surface area contributed by atoms with Crippen LogP contribution >= 0.6 is 35.1 Å². The number of rotatable bonds is 3. The molecule has 2 rings (SSSR count). The van der Waals surface area contributed by atoms with Crippen molar-refractivity contribution in [1.29, 1.82) is 0 Å². The first-order valence-corrected chi connectivity index (χ1v) is 7.60. The molecule has 1 saturated heterocycles. The number of benzene rings is 1. The molecule has 1 nitrogen and oxygen atoms in total. The van der Waals surface area contributed by atoms with Gasteiger partial charge in [-0.05, 0) is 35.1 Å². The summed E-state index contributed by atoms with van der Waals surface area (Å²) in [6.07, 6.45) is 1.89. The van der Waals surface area contributed by atoms with Crippen LogP contribution in [0.5, 0.6) is 0 Å². The van der Waals surface area contributed by atoms with Crippen LogP contribution in [0.15, 0.2) is 30.3 Å². The smallest absolute Gasteiger partial charge is 0.248 e. The second-order valence-electron chi connectivity index (χ2n) is 3.74. The number of carbonyl (C=O) groups excluding carboxylic acids is 1. The van der Waals surface area contributed by atoms with E-state index in [2.05, 4.69) is 12.1 Å². The maximum atomic E-state index is 11.6. The standard InChI is InChI=1S/C12H13ClOS2/c13-11(14)12(15-7-4-8-16-12)9-10-5-2-1-3-6-10/h1-3,5-6H,4,7-9H2. The molecule has 0 aliphatic carbocycles. The topological polar surface area (TPSA) is 17.1 Å². The van der Waals surface area contributed by atoms with Crippen molar-refractivity contribution in [3.05, 3.63) is 35.9 Å². The summed E-state index contributed by atoms with van der Waals surface area (Å²) < 4.78 is -0.457. The molecule has 0 aromatic heterocycles. The first-order valence-electron chi connectivity index (χ1n) is 5.25.